The van der Waals surface area contributed by atoms with Gasteiger partial charge < -0.3 is 36.0 Å². The van der Waals surface area contributed by atoms with E-state index in [0.717, 1.165) is 28.7 Å². The van der Waals surface area contributed by atoms with E-state index in [4.69, 9.17) is 4.74 Å². The lowest BCUT2D eigenvalue weighted by Crippen LogP contribution is -2.51. The smallest absolute Gasteiger partial charge is 0.407 e. The van der Waals surface area contributed by atoms with Crippen LogP contribution >= 0.6 is 0 Å². The molecule has 18 nitrogen and oxygen atoms in total. The van der Waals surface area contributed by atoms with Crippen molar-refractivity contribution < 1.29 is 52.2 Å². The maximum absolute atomic E-state index is 15.0. The minimum absolute atomic E-state index is 0.0608. The molecule has 20 heteroatoms. The number of alkyl carbamates (subject to hydrolysis) is 1. The third-order valence-electron chi connectivity index (χ3n) is 11.2. The Kier molecular flexibility index (Phi) is 19.4. The van der Waals surface area contributed by atoms with Crippen molar-refractivity contribution in [3.63, 3.8) is 0 Å². The quantitative estimate of drug-likeness (QED) is 0.0454. The molecule has 1 aliphatic rings. The molecule has 0 fully saturated rings. The van der Waals surface area contributed by atoms with Gasteiger partial charge in [-0.3, -0.25) is 33.7 Å². The molecule has 7 amide bonds. The summed E-state index contributed by atoms with van der Waals surface area (Å²) in [6, 6.07) is 17.1. The van der Waals surface area contributed by atoms with E-state index in [1.54, 1.807) is 42.8 Å². The van der Waals surface area contributed by atoms with E-state index in [2.05, 4.69) is 31.3 Å². The monoisotopic (exact) mass is 969 g/mol. The van der Waals surface area contributed by atoms with Crippen molar-refractivity contribution in [3.05, 3.63) is 114 Å². The maximum Gasteiger partial charge on any atom is 0.407 e. The predicted molar refractivity (Wildman–Crippen MR) is 254 cm³/mol. The lowest BCUT2D eigenvalue weighted by Gasteiger charge is -2.39. The number of anilines is 1. The molecule has 3 aromatic carbocycles. The number of aliphatic hydroxyl groups excluding tert-OH is 1. The van der Waals surface area contributed by atoms with Crippen molar-refractivity contribution in [3.8, 4) is 11.4 Å². The summed E-state index contributed by atoms with van der Waals surface area (Å²) < 4.78 is 36.2. The predicted octanol–water partition coefficient (Wildman–Crippen LogP) is 5.18. The number of hydrogen-bond acceptors (Lipinski definition) is 11. The van der Waals surface area contributed by atoms with E-state index in [-0.39, 0.29) is 93.0 Å². The molecule has 2 unspecified atom stereocenters. The molecule has 2 heterocycles. The van der Waals surface area contributed by atoms with Crippen LogP contribution in [0.5, 0.6) is 0 Å². The van der Waals surface area contributed by atoms with Gasteiger partial charge in [-0.25, -0.2) is 23.2 Å². The molecular formula is C50H61F2N9O9. The highest BCUT2D eigenvalue weighted by atomic mass is 19.1. The second kappa shape index (κ2) is 25.3. The van der Waals surface area contributed by atoms with Gasteiger partial charge in [0.1, 0.15) is 30.9 Å². The molecule has 0 saturated carbocycles. The Morgan fingerprint density at radius 3 is 2.20 bits per heavy atom. The van der Waals surface area contributed by atoms with Crippen LogP contribution in [0.2, 0.25) is 0 Å². The average Bonchev–Trinajstić information content (AvgIpc) is 3.88. The number of ether oxygens (including phenoxy) is 1. The van der Waals surface area contributed by atoms with Crippen LogP contribution in [0.15, 0.2) is 84.9 Å². The Hall–Kier alpha value is -7.35. The number of aliphatic hydroxyl groups is 1. The van der Waals surface area contributed by atoms with E-state index >= 15 is 4.39 Å². The normalized spacial score (nSPS) is 13.2. The maximum atomic E-state index is 15.0. The molecule has 0 aliphatic carbocycles. The van der Waals surface area contributed by atoms with Crippen molar-refractivity contribution in [2.45, 2.75) is 92.0 Å². The summed E-state index contributed by atoms with van der Waals surface area (Å²) in [5.74, 6) is -4.15. The van der Waals surface area contributed by atoms with Gasteiger partial charge in [-0.05, 0) is 72.1 Å². The fourth-order valence-corrected chi connectivity index (χ4v) is 7.67. The van der Waals surface area contributed by atoms with Gasteiger partial charge in [0.25, 0.3) is 11.8 Å². The molecule has 0 spiro atoms. The second-order valence-electron chi connectivity index (χ2n) is 18.2. The fourth-order valence-electron chi connectivity index (χ4n) is 7.67. The highest BCUT2D eigenvalue weighted by Crippen LogP contribution is 2.39. The van der Waals surface area contributed by atoms with E-state index < -0.39 is 59.6 Å². The lowest BCUT2D eigenvalue weighted by atomic mass is 9.84. The van der Waals surface area contributed by atoms with Crippen molar-refractivity contribution in [1.29, 1.82) is 0 Å². The van der Waals surface area contributed by atoms with Crippen LogP contribution in [-0.2, 0) is 46.7 Å². The van der Waals surface area contributed by atoms with Crippen molar-refractivity contribution in [2.75, 3.05) is 38.1 Å². The number of hydrogen-bond donors (Lipinski definition) is 5. The number of amides is 7. The van der Waals surface area contributed by atoms with Crippen molar-refractivity contribution >= 4 is 47.2 Å². The lowest BCUT2D eigenvalue weighted by molar-refractivity contribution is -0.140. The first-order chi connectivity index (χ1) is 33.3. The highest BCUT2D eigenvalue weighted by molar-refractivity contribution is 6.12. The molecule has 2 atom stereocenters. The number of benzene rings is 3. The molecule has 1 aromatic heterocycles. The number of nitrogens with zero attached hydrogens (tertiary/aromatic N) is 5. The molecule has 374 valence electrons. The Morgan fingerprint density at radius 2 is 1.54 bits per heavy atom. The second-order valence-corrected chi connectivity index (χ2v) is 18.2. The number of carbonyl (C=O) groups excluding carboxylic acids is 7. The fraction of sp³-hybridized carbons (Fsp3) is 0.420. The minimum Gasteiger partial charge on any atom is -0.445 e. The van der Waals surface area contributed by atoms with Crippen molar-refractivity contribution in [2.24, 2.45) is 11.3 Å². The van der Waals surface area contributed by atoms with Gasteiger partial charge in [0.05, 0.1) is 24.7 Å². The van der Waals surface area contributed by atoms with E-state index in [0.29, 0.717) is 30.5 Å². The van der Waals surface area contributed by atoms with E-state index in [1.165, 1.54) is 17.1 Å². The first kappa shape index (κ1) is 53.6. The molecule has 5 N–H and O–H groups in total. The Bertz CT molecular complexity index is 2490. The van der Waals surface area contributed by atoms with E-state index in [9.17, 15) is 43.1 Å². The molecule has 0 bridgehead atoms. The third-order valence-corrected chi connectivity index (χ3v) is 11.2. The zero-order valence-corrected chi connectivity index (χ0v) is 40.0. The third kappa shape index (κ3) is 15.6. The molecule has 70 heavy (non-hydrogen) atoms. The molecule has 5 rings (SSSR count). The molecule has 1 aliphatic heterocycles. The molecule has 4 aromatic rings. The Morgan fingerprint density at radius 1 is 0.843 bits per heavy atom. The molecular weight excluding hydrogens is 909 g/mol. The summed E-state index contributed by atoms with van der Waals surface area (Å²) in [5, 5.41) is 25.3. The first-order valence-corrected chi connectivity index (χ1v) is 23.1. The highest BCUT2D eigenvalue weighted by Gasteiger charge is 2.39. The number of rotatable bonds is 24. The summed E-state index contributed by atoms with van der Waals surface area (Å²) in [6.45, 7) is 8.49. The summed E-state index contributed by atoms with van der Waals surface area (Å²) in [6.07, 6.45) is 3.75. The number of aromatic nitrogens is 3. The van der Waals surface area contributed by atoms with Gasteiger partial charge >= 0.3 is 6.09 Å². The van der Waals surface area contributed by atoms with Gasteiger partial charge in [0.15, 0.2) is 11.6 Å². The van der Waals surface area contributed by atoms with E-state index in [1.807, 2.05) is 51.1 Å². The van der Waals surface area contributed by atoms with Gasteiger partial charge in [-0.2, -0.15) is 5.10 Å². The first-order valence-electron chi connectivity index (χ1n) is 23.1. The average molecular weight is 970 g/mol. The zero-order chi connectivity index (χ0) is 51.0. The van der Waals surface area contributed by atoms with Gasteiger partial charge in [0, 0.05) is 43.9 Å². The van der Waals surface area contributed by atoms with Gasteiger partial charge in [-0.1, -0.05) is 83.5 Å². The molecule has 0 radical (unpaired) electrons. The largest absolute Gasteiger partial charge is 0.445 e. The number of imide groups is 1. The zero-order valence-electron chi connectivity index (χ0n) is 40.0. The summed E-state index contributed by atoms with van der Waals surface area (Å²) >= 11 is 0. The van der Waals surface area contributed by atoms with Crippen LogP contribution in [0.4, 0.5) is 19.3 Å². The summed E-state index contributed by atoms with van der Waals surface area (Å²) in [7, 11) is 0. The Labute approximate surface area is 405 Å². The topological polar surface area (TPSA) is 234 Å². The van der Waals surface area contributed by atoms with Gasteiger partial charge in [0.2, 0.25) is 23.6 Å². The number of nitrogens with one attached hydrogen (secondary N) is 4. The number of unbranched alkanes of at least 4 members (excludes halogenated alkanes) is 2. The van der Waals surface area contributed by atoms with Gasteiger partial charge in [-0.15, -0.1) is 0 Å². The number of carbonyl (C=O) groups is 7. The number of halogens is 2. The SMILES string of the molecule is CC(C)C(NC(=O)CCCCCN1C(=O)C=CC1=O)C(=O)NCC(=O)Nc1ccc(COC(=O)NCCCN(C(=O)CO)C(c2nc(-c3cc(F)ccc3F)nn2Cc2ccccc2)C(C)(C)C)cc1. The van der Waals surface area contributed by atoms with Crippen LogP contribution in [0.1, 0.15) is 89.7 Å². The summed E-state index contributed by atoms with van der Waals surface area (Å²) in [4.78, 5) is 95.0. The van der Waals surface area contributed by atoms with Crippen LogP contribution in [0, 0.1) is 23.0 Å². The summed E-state index contributed by atoms with van der Waals surface area (Å²) in [5.41, 5.74) is 0.998. The van der Waals surface area contributed by atoms with Crippen LogP contribution in [0.25, 0.3) is 11.4 Å². The molecule has 0 saturated heterocycles. The minimum atomic E-state index is -0.878. The van der Waals surface area contributed by atoms with Crippen LogP contribution in [0.3, 0.4) is 0 Å². The van der Waals surface area contributed by atoms with Crippen LogP contribution in [-0.4, -0.2) is 110 Å². The standard InChI is InChI=1S/C50H61F2N9O9/c1-32(2)44(56-39(63)15-10-7-11-25-59-41(65)22-23-42(59)66)48(68)54-28-40(64)55-36-19-16-34(17-20-36)31-70-49(69)53-24-12-26-60(43(67)30-62)45(50(3,4)5)47-57-46(37-27-35(51)18-21-38(37)52)58-61(47)29-33-13-8-6-9-14-33/h6,8-9,13-14,16-23,27,32,44-45,62H,7,10-12,15,24-26,28-31H2,1-5H3,(H,53,69)(H,54,68)(H,55,64)(H,56,63). The van der Waals surface area contributed by atoms with Crippen molar-refractivity contribution in [1.82, 2.24) is 40.5 Å². The van der Waals surface area contributed by atoms with Crippen LogP contribution < -0.4 is 21.3 Å². The Balaban J connectivity index is 1.08.